The highest BCUT2D eigenvalue weighted by atomic mass is 14.3. The van der Waals surface area contributed by atoms with E-state index in [0.29, 0.717) is 0 Å². The van der Waals surface area contributed by atoms with Crippen molar-refractivity contribution in [1.29, 1.82) is 0 Å². The molecule has 0 N–H and O–H groups in total. The summed E-state index contributed by atoms with van der Waals surface area (Å²) >= 11 is 0. The first kappa shape index (κ1) is 9.80. The Morgan fingerprint density at radius 3 is 2.53 bits per heavy atom. The molecule has 2 rings (SSSR count). The molecule has 0 bridgehead atoms. The predicted octanol–water partition coefficient (Wildman–Crippen LogP) is 3.46. The highest BCUT2D eigenvalue weighted by molar-refractivity contribution is 5.44. The fourth-order valence-electron chi connectivity index (χ4n) is 1.96. The van der Waals surface area contributed by atoms with Gasteiger partial charge in [-0.25, -0.2) is 0 Å². The van der Waals surface area contributed by atoms with Crippen molar-refractivity contribution < 1.29 is 0 Å². The van der Waals surface area contributed by atoms with Gasteiger partial charge in [-0.15, -0.1) is 5.92 Å². The van der Waals surface area contributed by atoms with E-state index in [9.17, 15) is 0 Å². The van der Waals surface area contributed by atoms with E-state index in [1.807, 2.05) is 13.0 Å². The molecule has 0 heterocycles. The van der Waals surface area contributed by atoms with Gasteiger partial charge in [0.1, 0.15) is 0 Å². The van der Waals surface area contributed by atoms with Gasteiger partial charge in [0, 0.05) is 0 Å². The van der Waals surface area contributed by atoms with Gasteiger partial charge in [-0.2, -0.15) is 0 Å². The van der Waals surface area contributed by atoms with Crippen LogP contribution in [0.3, 0.4) is 0 Å². The van der Waals surface area contributed by atoms with E-state index in [1.54, 1.807) is 0 Å². The zero-order chi connectivity index (χ0) is 10.6. The first-order valence-corrected chi connectivity index (χ1v) is 5.21. The standard InChI is InChI=1S/C15H14/c1-2-11-15(12-7-4-8-13-15)14-9-5-3-6-10-14/h3-10,12H,13H2,1H3. The molecule has 0 heteroatoms. The van der Waals surface area contributed by atoms with Gasteiger partial charge < -0.3 is 0 Å². The first-order chi connectivity index (χ1) is 7.37. The van der Waals surface area contributed by atoms with E-state index in [1.165, 1.54) is 5.56 Å². The molecule has 0 saturated carbocycles. The lowest BCUT2D eigenvalue weighted by molar-refractivity contribution is 0.701. The molecule has 0 aliphatic heterocycles. The minimum Gasteiger partial charge on any atom is -0.105 e. The molecule has 1 aromatic rings. The Bertz CT molecular complexity index is 440. The Hall–Kier alpha value is -1.74. The third kappa shape index (κ3) is 1.87. The summed E-state index contributed by atoms with van der Waals surface area (Å²) in [6.07, 6.45) is 9.50. The van der Waals surface area contributed by atoms with Crippen LogP contribution in [0, 0.1) is 11.8 Å². The topological polar surface area (TPSA) is 0 Å². The van der Waals surface area contributed by atoms with Gasteiger partial charge in [0.2, 0.25) is 0 Å². The summed E-state index contributed by atoms with van der Waals surface area (Å²) in [5.74, 6) is 6.37. The minimum absolute atomic E-state index is 0.106. The maximum absolute atomic E-state index is 3.33. The molecule has 15 heavy (non-hydrogen) atoms. The number of hydrogen-bond donors (Lipinski definition) is 0. The van der Waals surface area contributed by atoms with Crippen molar-refractivity contribution in [2.75, 3.05) is 0 Å². The van der Waals surface area contributed by atoms with Gasteiger partial charge in [0.15, 0.2) is 0 Å². The molecular formula is C15H14. The molecule has 1 aliphatic rings. The lowest BCUT2D eigenvalue weighted by Crippen LogP contribution is -2.21. The maximum atomic E-state index is 3.33. The Labute approximate surface area is 91.3 Å². The van der Waals surface area contributed by atoms with Crippen molar-refractivity contribution in [2.24, 2.45) is 0 Å². The molecule has 0 spiro atoms. The Morgan fingerprint density at radius 2 is 1.93 bits per heavy atom. The fraction of sp³-hybridized carbons (Fsp3) is 0.200. The zero-order valence-corrected chi connectivity index (χ0v) is 8.90. The summed E-state index contributed by atoms with van der Waals surface area (Å²) in [5, 5.41) is 0. The molecule has 1 atom stereocenters. The smallest absolute Gasteiger partial charge is 0.0780 e. The summed E-state index contributed by atoms with van der Waals surface area (Å²) < 4.78 is 0. The predicted molar refractivity (Wildman–Crippen MR) is 64.5 cm³/mol. The molecule has 1 aliphatic carbocycles. The zero-order valence-electron chi connectivity index (χ0n) is 8.90. The second-order valence-electron chi connectivity index (χ2n) is 3.70. The van der Waals surface area contributed by atoms with Crippen LogP contribution in [0.25, 0.3) is 0 Å². The van der Waals surface area contributed by atoms with Gasteiger partial charge in [-0.05, 0) is 18.9 Å². The minimum atomic E-state index is -0.106. The van der Waals surface area contributed by atoms with Crippen LogP contribution in [0.4, 0.5) is 0 Å². The number of rotatable bonds is 1. The second kappa shape index (κ2) is 4.19. The van der Waals surface area contributed by atoms with Crippen LogP contribution in [-0.4, -0.2) is 0 Å². The molecular weight excluding hydrogens is 180 g/mol. The average Bonchev–Trinajstić information content (AvgIpc) is 2.32. The number of hydrogen-bond acceptors (Lipinski definition) is 0. The molecule has 1 unspecified atom stereocenters. The van der Waals surface area contributed by atoms with Gasteiger partial charge >= 0.3 is 0 Å². The van der Waals surface area contributed by atoms with Gasteiger partial charge in [-0.3, -0.25) is 0 Å². The normalized spacial score (nSPS) is 23.3. The van der Waals surface area contributed by atoms with Crippen LogP contribution < -0.4 is 0 Å². The van der Waals surface area contributed by atoms with E-state index in [4.69, 9.17) is 0 Å². The van der Waals surface area contributed by atoms with Crippen LogP contribution >= 0.6 is 0 Å². The number of allylic oxidation sites excluding steroid dienone is 4. The Kier molecular flexibility index (Phi) is 2.74. The summed E-state index contributed by atoms with van der Waals surface area (Å²) in [7, 11) is 0. The molecule has 74 valence electrons. The Balaban J connectivity index is 2.47. The van der Waals surface area contributed by atoms with Crippen molar-refractivity contribution in [1.82, 2.24) is 0 Å². The molecule has 0 radical (unpaired) electrons. The highest BCUT2D eigenvalue weighted by Gasteiger charge is 2.26. The van der Waals surface area contributed by atoms with Crippen molar-refractivity contribution >= 4 is 0 Å². The summed E-state index contributed by atoms with van der Waals surface area (Å²) in [6.45, 7) is 1.90. The molecule has 1 aromatic carbocycles. The van der Waals surface area contributed by atoms with E-state index >= 15 is 0 Å². The van der Waals surface area contributed by atoms with Crippen molar-refractivity contribution in [3.05, 3.63) is 60.2 Å². The van der Waals surface area contributed by atoms with Crippen LogP contribution in [0.5, 0.6) is 0 Å². The van der Waals surface area contributed by atoms with Crippen molar-refractivity contribution in [3.63, 3.8) is 0 Å². The quantitative estimate of drug-likeness (QED) is 0.600. The second-order valence-corrected chi connectivity index (χ2v) is 3.70. The molecule has 0 amide bonds. The Morgan fingerprint density at radius 1 is 1.13 bits per heavy atom. The fourth-order valence-corrected chi connectivity index (χ4v) is 1.96. The lowest BCUT2D eigenvalue weighted by atomic mass is 9.76. The third-order valence-corrected chi connectivity index (χ3v) is 2.70. The van der Waals surface area contributed by atoms with Crippen molar-refractivity contribution in [2.45, 2.75) is 18.8 Å². The van der Waals surface area contributed by atoms with E-state index in [2.05, 4.69) is 60.4 Å². The van der Waals surface area contributed by atoms with Crippen molar-refractivity contribution in [3.8, 4) is 11.8 Å². The van der Waals surface area contributed by atoms with Gasteiger partial charge in [0.05, 0.1) is 5.41 Å². The highest BCUT2D eigenvalue weighted by Crippen LogP contribution is 2.31. The van der Waals surface area contributed by atoms with Crippen LogP contribution in [0.15, 0.2) is 54.6 Å². The van der Waals surface area contributed by atoms with E-state index in [-0.39, 0.29) is 5.41 Å². The van der Waals surface area contributed by atoms with E-state index < -0.39 is 0 Å². The number of benzene rings is 1. The van der Waals surface area contributed by atoms with Crippen LogP contribution in [0.1, 0.15) is 18.9 Å². The lowest BCUT2D eigenvalue weighted by Gasteiger charge is -2.26. The first-order valence-electron chi connectivity index (χ1n) is 5.21. The maximum Gasteiger partial charge on any atom is 0.0780 e. The van der Waals surface area contributed by atoms with E-state index in [0.717, 1.165) is 6.42 Å². The third-order valence-electron chi connectivity index (χ3n) is 2.70. The summed E-state index contributed by atoms with van der Waals surface area (Å²) in [6, 6.07) is 10.5. The van der Waals surface area contributed by atoms with Gasteiger partial charge in [-0.1, -0.05) is 60.6 Å². The van der Waals surface area contributed by atoms with Crippen LogP contribution in [0.2, 0.25) is 0 Å². The SMILES string of the molecule is CC#CC1(c2ccccc2)C=CC=CC1. The summed E-state index contributed by atoms with van der Waals surface area (Å²) in [4.78, 5) is 0. The monoisotopic (exact) mass is 194 g/mol. The molecule has 0 nitrogen and oxygen atoms in total. The molecule has 0 fully saturated rings. The van der Waals surface area contributed by atoms with Gasteiger partial charge in [0.25, 0.3) is 0 Å². The summed E-state index contributed by atoms with van der Waals surface area (Å²) in [5.41, 5.74) is 1.17. The molecule has 0 saturated heterocycles. The molecule has 0 aromatic heterocycles. The largest absolute Gasteiger partial charge is 0.105 e. The average molecular weight is 194 g/mol. The van der Waals surface area contributed by atoms with Crippen LogP contribution in [-0.2, 0) is 5.41 Å².